The van der Waals surface area contributed by atoms with Gasteiger partial charge in [-0.2, -0.15) is 0 Å². The standard InChI is InChI=1S/C17H22Cl2N2/c1-6-7-20-12-9-13(17(3,4)5)21-16-11(18)8-10(2)15(19)14(12)16/h8-9H,6-7H2,1-5H3,(H,20,21). The van der Waals surface area contributed by atoms with E-state index in [1.807, 2.05) is 13.0 Å². The summed E-state index contributed by atoms with van der Waals surface area (Å²) in [6.45, 7) is 11.4. The van der Waals surface area contributed by atoms with Crippen LogP contribution in [0.25, 0.3) is 10.9 Å². The third kappa shape index (κ3) is 3.27. The number of rotatable bonds is 3. The van der Waals surface area contributed by atoms with Gasteiger partial charge in [-0.3, -0.25) is 4.98 Å². The molecule has 0 atom stereocenters. The van der Waals surface area contributed by atoms with E-state index in [0.29, 0.717) is 5.02 Å². The predicted octanol–water partition coefficient (Wildman–Crippen LogP) is 5.97. The summed E-state index contributed by atoms with van der Waals surface area (Å²) in [4.78, 5) is 4.76. The van der Waals surface area contributed by atoms with Gasteiger partial charge in [-0.1, -0.05) is 50.9 Å². The van der Waals surface area contributed by atoms with Crippen LogP contribution < -0.4 is 5.32 Å². The molecule has 0 aliphatic rings. The SMILES string of the molecule is CCCNc1cc(C(C)(C)C)nc2c(Cl)cc(C)c(Cl)c12. The molecular weight excluding hydrogens is 303 g/mol. The largest absolute Gasteiger partial charge is 0.384 e. The van der Waals surface area contributed by atoms with E-state index >= 15 is 0 Å². The van der Waals surface area contributed by atoms with Crippen molar-refractivity contribution in [3.05, 3.63) is 33.4 Å². The number of aryl methyl sites for hydroxylation is 1. The molecule has 1 N–H and O–H groups in total. The first-order valence-corrected chi connectivity index (χ1v) is 8.05. The second kappa shape index (κ2) is 6.02. The molecule has 21 heavy (non-hydrogen) atoms. The van der Waals surface area contributed by atoms with Crippen LogP contribution in [0.1, 0.15) is 45.4 Å². The minimum atomic E-state index is -0.0441. The Morgan fingerprint density at radius 2 is 1.86 bits per heavy atom. The first-order valence-electron chi connectivity index (χ1n) is 7.29. The number of hydrogen-bond acceptors (Lipinski definition) is 2. The van der Waals surface area contributed by atoms with Crippen LogP contribution in [-0.4, -0.2) is 11.5 Å². The van der Waals surface area contributed by atoms with Gasteiger partial charge in [0.05, 0.1) is 15.6 Å². The molecule has 114 valence electrons. The van der Waals surface area contributed by atoms with Crippen LogP contribution in [0.5, 0.6) is 0 Å². The van der Waals surface area contributed by atoms with Crippen LogP contribution in [0.3, 0.4) is 0 Å². The third-order valence-corrected chi connectivity index (χ3v) is 4.26. The van der Waals surface area contributed by atoms with Gasteiger partial charge in [0.25, 0.3) is 0 Å². The second-order valence-corrected chi connectivity index (χ2v) is 7.23. The Morgan fingerprint density at radius 1 is 1.19 bits per heavy atom. The topological polar surface area (TPSA) is 24.9 Å². The van der Waals surface area contributed by atoms with Crippen molar-refractivity contribution in [3.63, 3.8) is 0 Å². The van der Waals surface area contributed by atoms with Gasteiger partial charge in [0.15, 0.2) is 0 Å². The van der Waals surface area contributed by atoms with Crippen molar-refractivity contribution >= 4 is 39.8 Å². The van der Waals surface area contributed by atoms with Gasteiger partial charge in [0.2, 0.25) is 0 Å². The van der Waals surface area contributed by atoms with Crippen LogP contribution in [-0.2, 0) is 5.41 Å². The zero-order valence-electron chi connectivity index (χ0n) is 13.3. The highest BCUT2D eigenvalue weighted by molar-refractivity contribution is 6.41. The summed E-state index contributed by atoms with van der Waals surface area (Å²) < 4.78 is 0. The number of anilines is 1. The number of nitrogens with zero attached hydrogens (tertiary/aromatic N) is 1. The molecule has 0 amide bonds. The molecule has 0 spiro atoms. The number of pyridine rings is 1. The summed E-state index contributed by atoms with van der Waals surface area (Å²) in [6, 6.07) is 3.98. The summed E-state index contributed by atoms with van der Waals surface area (Å²) in [5.74, 6) is 0. The first kappa shape index (κ1) is 16.4. The lowest BCUT2D eigenvalue weighted by Crippen LogP contribution is -2.15. The van der Waals surface area contributed by atoms with E-state index in [-0.39, 0.29) is 5.41 Å². The number of fused-ring (bicyclic) bond motifs is 1. The first-order chi connectivity index (χ1) is 9.75. The highest BCUT2D eigenvalue weighted by Gasteiger charge is 2.20. The summed E-state index contributed by atoms with van der Waals surface area (Å²) in [7, 11) is 0. The number of halogens is 2. The summed E-state index contributed by atoms with van der Waals surface area (Å²) >= 11 is 12.9. The van der Waals surface area contributed by atoms with Crippen LogP contribution in [0.4, 0.5) is 5.69 Å². The zero-order valence-corrected chi connectivity index (χ0v) is 14.8. The molecule has 0 fully saturated rings. The Bertz CT molecular complexity index is 673. The molecule has 1 aromatic carbocycles. The van der Waals surface area contributed by atoms with E-state index in [1.165, 1.54) is 0 Å². The Kier molecular flexibility index (Phi) is 4.69. The molecule has 0 aliphatic carbocycles. The summed E-state index contributed by atoms with van der Waals surface area (Å²) in [5.41, 5.74) is 3.73. The Hall–Kier alpha value is -0.990. The lowest BCUT2D eigenvalue weighted by Gasteiger charge is -2.21. The van der Waals surface area contributed by atoms with Crippen molar-refractivity contribution in [2.75, 3.05) is 11.9 Å². The Balaban J connectivity index is 2.81. The smallest absolute Gasteiger partial charge is 0.0927 e. The monoisotopic (exact) mass is 324 g/mol. The van der Waals surface area contributed by atoms with Crippen LogP contribution >= 0.6 is 23.2 Å². The molecule has 1 heterocycles. The molecule has 2 aromatic rings. The van der Waals surface area contributed by atoms with Gasteiger partial charge >= 0.3 is 0 Å². The maximum Gasteiger partial charge on any atom is 0.0927 e. The van der Waals surface area contributed by atoms with Gasteiger partial charge in [-0.15, -0.1) is 0 Å². The molecular formula is C17H22Cl2N2. The maximum absolute atomic E-state index is 6.51. The maximum atomic E-state index is 6.51. The van der Waals surface area contributed by atoms with Gasteiger partial charge in [-0.05, 0) is 31.0 Å². The minimum absolute atomic E-state index is 0.0441. The van der Waals surface area contributed by atoms with Crippen molar-refractivity contribution in [2.24, 2.45) is 0 Å². The van der Waals surface area contributed by atoms with Crippen LogP contribution in [0.2, 0.25) is 10.0 Å². The molecule has 0 bridgehead atoms. The molecule has 1 aromatic heterocycles. The van der Waals surface area contributed by atoms with Gasteiger partial charge in [-0.25, -0.2) is 0 Å². The van der Waals surface area contributed by atoms with E-state index in [4.69, 9.17) is 28.2 Å². The van der Waals surface area contributed by atoms with E-state index in [2.05, 4.69) is 39.1 Å². The van der Waals surface area contributed by atoms with Crippen molar-refractivity contribution < 1.29 is 0 Å². The van der Waals surface area contributed by atoms with E-state index in [1.54, 1.807) is 0 Å². The predicted molar refractivity (Wildman–Crippen MR) is 94.0 cm³/mol. The number of benzene rings is 1. The van der Waals surface area contributed by atoms with Crippen LogP contribution in [0.15, 0.2) is 12.1 Å². The van der Waals surface area contributed by atoms with E-state index < -0.39 is 0 Å². The Labute approximate surface area is 136 Å². The fraction of sp³-hybridized carbons (Fsp3) is 0.471. The number of hydrogen-bond donors (Lipinski definition) is 1. The summed E-state index contributed by atoms with van der Waals surface area (Å²) in [6.07, 6.45) is 1.05. The van der Waals surface area contributed by atoms with Crippen LogP contribution in [0, 0.1) is 6.92 Å². The third-order valence-electron chi connectivity index (χ3n) is 3.49. The highest BCUT2D eigenvalue weighted by Crippen LogP contribution is 2.38. The Morgan fingerprint density at radius 3 is 2.43 bits per heavy atom. The van der Waals surface area contributed by atoms with Gasteiger partial charge < -0.3 is 5.32 Å². The molecule has 2 nitrogen and oxygen atoms in total. The lowest BCUT2D eigenvalue weighted by atomic mass is 9.90. The fourth-order valence-electron chi connectivity index (χ4n) is 2.24. The van der Waals surface area contributed by atoms with Crippen molar-refractivity contribution in [2.45, 2.75) is 46.5 Å². The zero-order chi connectivity index (χ0) is 15.8. The molecule has 4 heteroatoms. The second-order valence-electron chi connectivity index (χ2n) is 6.44. The van der Waals surface area contributed by atoms with E-state index in [0.717, 1.165) is 45.8 Å². The molecule has 0 aliphatic heterocycles. The lowest BCUT2D eigenvalue weighted by molar-refractivity contribution is 0.572. The number of aromatic nitrogens is 1. The van der Waals surface area contributed by atoms with E-state index in [9.17, 15) is 0 Å². The average molecular weight is 325 g/mol. The van der Waals surface area contributed by atoms with Gasteiger partial charge in [0.1, 0.15) is 0 Å². The minimum Gasteiger partial charge on any atom is -0.384 e. The highest BCUT2D eigenvalue weighted by atomic mass is 35.5. The molecule has 2 rings (SSSR count). The average Bonchev–Trinajstić information content (AvgIpc) is 2.40. The molecule has 0 unspecified atom stereocenters. The summed E-state index contributed by atoms with van der Waals surface area (Å²) in [5, 5.41) is 5.76. The molecule has 0 saturated carbocycles. The fourth-order valence-corrected chi connectivity index (χ4v) is 2.79. The normalized spacial score (nSPS) is 12.0. The molecule has 0 radical (unpaired) electrons. The van der Waals surface area contributed by atoms with Gasteiger partial charge in [0, 0.05) is 28.7 Å². The van der Waals surface area contributed by atoms with Crippen molar-refractivity contribution in [1.82, 2.24) is 4.98 Å². The van der Waals surface area contributed by atoms with Crippen molar-refractivity contribution in [1.29, 1.82) is 0 Å². The molecule has 0 saturated heterocycles. The quantitative estimate of drug-likeness (QED) is 0.752. The number of nitrogens with one attached hydrogen (secondary N) is 1. The van der Waals surface area contributed by atoms with Crippen molar-refractivity contribution in [3.8, 4) is 0 Å².